The smallest absolute Gasteiger partial charge is 0.240 e. The van der Waals surface area contributed by atoms with Crippen LogP contribution in [-0.2, 0) is 21.2 Å². The molecule has 0 aliphatic rings. The molecule has 0 saturated heterocycles. The van der Waals surface area contributed by atoms with Gasteiger partial charge < -0.3 is 5.32 Å². The van der Waals surface area contributed by atoms with Gasteiger partial charge in [0.25, 0.3) is 0 Å². The van der Waals surface area contributed by atoms with E-state index in [9.17, 15) is 13.2 Å². The maximum atomic E-state index is 12.4. The van der Waals surface area contributed by atoms with Crippen molar-refractivity contribution in [1.82, 2.24) is 10.0 Å². The highest BCUT2D eigenvalue weighted by Gasteiger charge is 2.13. The summed E-state index contributed by atoms with van der Waals surface area (Å²) in [6.45, 7) is 1.98. The first-order valence-corrected chi connectivity index (χ1v) is 10.7. The molecule has 0 radical (unpaired) electrons. The number of benzene rings is 3. The number of nitrogens with one attached hydrogen (secondary N) is 2. The van der Waals surface area contributed by atoms with E-state index in [1.165, 1.54) is 7.05 Å². The quantitative estimate of drug-likeness (QED) is 0.641. The molecule has 1 atom stereocenters. The molecule has 0 saturated carbocycles. The van der Waals surface area contributed by atoms with E-state index in [1.807, 2.05) is 31.2 Å². The summed E-state index contributed by atoms with van der Waals surface area (Å²) in [5.41, 5.74) is 2.01. The first-order chi connectivity index (χ1) is 13.4. The molecular weight excluding hydrogens is 372 g/mol. The van der Waals surface area contributed by atoms with Crippen LogP contribution in [0.15, 0.2) is 71.6 Å². The molecule has 0 aliphatic heterocycles. The molecule has 0 spiro atoms. The van der Waals surface area contributed by atoms with Crippen molar-refractivity contribution in [3.63, 3.8) is 0 Å². The Morgan fingerprint density at radius 3 is 2.36 bits per heavy atom. The second-order valence-electron chi connectivity index (χ2n) is 6.71. The lowest BCUT2D eigenvalue weighted by Crippen LogP contribution is -2.27. The zero-order valence-corrected chi connectivity index (χ0v) is 16.8. The third kappa shape index (κ3) is 4.58. The fourth-order valence-corrected chi connectivity index (χ4v) is 3.96. The highest BCUT2D eigenvalue weighted by molar-refractivity contribution is 7.89. The Labute approximate surface area is 165 Å². The van der Waals surface area contributed by atoms with Crippen LogP contribution >= 0.6 is 0 Å². The average molecular weight is 397 g/mol. The zero-order chi connectivity index (χ0) is 20.1. The van der Waals surface area contributed by atoms with Crippen LogP contribution in [-0.4, -0.2) is 21.4 Å². The van der Waals surface area contributed by atoms with Crippen LogP contribution in [0.3, 0.4) is 0 Å². The van der Waals surface area contributed by atoms with Crippen LogP contribution in [0.25, 0.3) is 10.8 Å². The number of fused-ring (bicyclic) bond motifs is 1. The second-order valence-corrected chi connectivity index (χ2v) is 8.60. The number of amides is 1. The number of carbonyl (C=O) groups excluding carboxylic acids is 1. The van der Waals surface area contributed by atoms with Crippen molar-refractivity contribution in [2.45, 2.75) is 30.7 Å². The normalized spacial score (nSPS) is 12.6. The van der Waals surface area contributed by atoms with Crippen LogP contribution in [0.5, 0.6) is 0 Å². The molecule has 0 aromatic heterocycles. The summed E-state index contributed by atoms with van der Waals surface area (Å²) in [4.78, 5) is 12.6. The van der Waals surface area contributed by atoms with Crippen LogP contribution in [0, 0.1) is 0 Å². The van der Waals surface area contributed by atoms with Crippen LogP contribution < -0.4 is 10.0 Å². The fourth-order valence-electron chi connectivity index (χ4n) is 3.23. The summed E-state index contributed by atoms with van der Waals surface area (Å²) in [6, 6.07) is 20.7. The van der Waals surface area contributed by atoms with Gasteiger partial charge in [0, 0.05) is 6.42 Å². The minimum absolute atomic E-state index is 0.0349. The van der Waals surface area contributed by atoms with E-state index in [1.54, 1.807) is 24.3 Å². The van der Waals surface area contributed by atoms with Crippen molar-refractivity contribution in [3.8, 4) is 0 Å². The highest BCUT2D eigenvalue weighted by atomic mass is 32.2. The number of carbonyl (C=O) groups is 1. The van der Waals surface area contributed by atoms with Crippen molar-refractivity contribution in [1.29, 1.82) is 0 Å². The number of hydrogen-bond acceptors (Lipinski definition) is 3. The molecule has 0 bridgehead atoms. The Hall–Kier alpha value is -2.70. The standard InChI is InChI=1S/C22H24N2O3S/c1-16(20-9-5-7-18-6-3-4-8-21(18)20)24-22(25)15-12-17-10-13-19(14-11-17)28(26,27)23-2/h3-11,13-14,16,23H,12,15H2,1-2H3,(H,24,25). The molecule has 1 amide bonds. The van der Waals surface area contributed by atoms with Crippen LogP contribution in [0.2, 0.25) is 0 Å². The van der Waals surface area contributed by atoms with E-state index in [4.69, 9.17) is 0 Å². The summed E-state index contributed by atoms with van der Waals surface area (Å²) in [5, 5.41) is 5.35. The van der Waals surface area contributed by atoms with E-state index in [0.717, 1.165) is 21.9 Å². The van der Waals surface area contributed by atoms with Gasteiger partial charge >= 0.3 is 0 Å². The van der Waals surface area contributed by atoms with Gasteiger partial charge in [-0.25, -0.2) is 13.1 Å². The van der Waals surface area contributed by atoms with Gasteiger partial charge in [0.1, 0.15) is 0 Å². The number of sulfonamides is 1. The first kappa shape index (κ1) is 20.0. The van der Waals surface area contributed by atoms with Gasteiger partial charge in [-0.3, -0.25) is 4.79 Å². The third-order valence-corrected chi connectivity index (χ3v) is 6.24. The molecule has 3 rings (SSSR count). The van der Waals surface area contributed by atoms with E-state index < -0.39 is 10.0 Å². The second kappa shape index (κ2) is 8.54. The monoisotopic (exact) mass is 396 g/mol. The fraction of sp³-hybridized carbons (Fsp3) is 0.227. The highest BCUT2D eigenvalue weighted by Crippen LogP contribution is 2.24. The summed E-state index contributed by atoms with van der Waals surface area (Å²) < 4.78 is 25.8. The van der Waals surface area contributed by atoms with Crippen LogP contribution in [0.4, 0.5) is 0 Å². The molecule has 5 nitrogen and oxygen atoms in total. The molecule has 3 aromatic rings. The number of aryl methyl sites for hydroxylation is 1. The minimum atomic E-state index is -3.44. The largest absolute Gasteiger partial charge is 0.350 e. The summed E-state index contributed by atoms with van der Waals surface area (Å²) >= 11 is 0. The average Bonchev–Trinajstić information content (AvgIpc) is 2.72. The van der Waals surface area contributed by atoms with Crippen molar-refractivity contribution in [2.24, 2.45) is 0 Å². The Morgan fingerprint density at radius 2 is 1.64 bits per heavy atom. The van der Waals surface area contributed by atoms with E-state index in [-0.39, 0.29) is 16.8 Å². The van der Waals surface area contributed by atoms with Crippen molar-refractivity contribution in [2.75, 3.05) is 7.05 Å². The van der Waals surface area contributed by atoms with Gasteiger partial charge in [0.05, 0.1) is 10.9 Å². The molecule has 146 valence electrons. The van der Waals surface area contributed by atoms with Crippen LogP contribution in [0.1, 0.15) is 30.5 Å². The lowest BCUT2D eigenvalue weighted by Gasteiger charge is -2.16. The number of rotatable bonds is 7. The molecule has 3 aromatic carbocycles. The molecule has 6 heteroatoms. The SMILES string of the molecule is CNS(=O)(=O)c1ccc(CCC(=O)NC(C)c2cccc3ccccc23)cc1. The van der Waals surface area contributed by atoms with E-state index >= 15 is 0 Å². The predicted molar refractivity (Wildman–Crippen MR) is 112 cm³/mol. The van der Waals surface area contributed by atoms with Gasteiger partial charge in [0.2, 0.25) is 15.9 Å². The molecule has 0 fully saturated rings. The molecule has 0 aliphatic carbocycles. The van der Waals surface area contributed by atoms with E-state index in [2.05, 4.69) is 28.2 Å². The Kier molecular flexibility index (Phi) is 6.11. The molecule has 2 N–H and O–H groups in total. The van der Waals surface area contributed by atoms with Gasteiger partial charge in [0.15, 0.2) is 0 Å². The molecular formula is C22H24N2O3S. The summed E-state index contributed by atoms with van der Waals surface area (Å²) in [7, 11) is -2.06. The third-order valence-electron chi connectivity index (χ3n) is 4.81. The lowest BCUT2D eigenvalue weighted by molar-refractivity contribution is -0.121. The molecule has 28 heavy (non-hydrogen) atoms. The lowest BCUT2D eigenvalue weighted by atomic mass is 9.99. The van der Waals surface area contributed by atoms with Crippen molar-refractivity contribution < 1.29 is 13.2 Å². The zero-order valence-electron chi connectivity index (χ0n) is 16.0. The van der Waals surface area contributed by atoms with Gasteiger partial charge in [-0.05, 0) is 54.4 Å². The number of hydrogen-bond donors (Lipinski definition) is 2. The minimum Gasteiger partial charge on any atom is -0.350 e. The molecule has 1 unspecified atom stereocenters. The topological polar surface area (TPSA) is 75.3 Å². The predicted octanol–water partition coefficient (Wildman–Crippen LogP) is 3.56. The summed E-state index contributed by atoms with van der Waals surface area (Å²) in [6.07, 6.45) is 0.890. The Balaban J connectivity index is 1.61. The maximum Gasteiger partial charge on any atom is 0.240 e. The Morgan fingerprint density at radius 1 is 0.964 bits per heavy atom. The van der Waals surface area contributed by atoms with Gasteiger partial charge in [-0.1, -0.05) is 54.6 Å². The van der Waals surface area contributed by atoms with Crippen molar-refractivity contribution >= 4 is 26.7 Å². The van der Waals surface area contributed by atoms with Gasteiger partial charge in [-0.15, -0.1) is 0 Å². The van der Waals surface area contributed by atoms with Gasteiger partial charge in [-0.2, -0.15) is 0 Å². The van der Waals surface area contributed by atoms with E-state index in [0.29, 0.717) is 12.8 Å². The maximum absolute atomic E-state index is 12.4. The first-order valence-electron chi connectivity index (χ1n) is 9.20. The molecule has 0 heterocycles. The summed E-state index contributed by atoms with van der Waals surface area (Å²) in [5.74, 6) is -0.0349. The van der Waals surface area contributed by atoms with Crippen molar-refractivity contribution in [3.05, 3.63) is 77.9 Å². The Bertz CT molecular complexity index is 1070.